The molecule has 1 amide bonds. The smallest absolute Gasteiger partial charge is 0.408 e. The van der Waals surface area contributed by atoms with Crippen molar-refractivity contribution in [1.29, 1.82) is 0 Å². The lowest BCUT2D eigenvalue weighted by Crippen LogP contribution is -2.58. The SMILES string of the molecule is Cc1nc(N2CCc3c(c(C)nn3CC34CCC(NC(=O)OC(C)(C)C)(CC3)CC4)C2)c2c(n1)c(C)nn2C. The Kier molecular flexibility index (Phi) is 5.97. The highest BCUT2D eigenvalue weighted by Gasteiger charge is 2.50. The Hall–Kier alpha value is -3.17. The molecule has 10 nitrogen and oxygen atoms in total. The molecule has 0 saturated heterocycles. The molecule has 7 rings (SSSR count). The molecule has 0 aromatic carbocycles. The first kappa shape index (κ1) is 26.1. The second kappa shape index (κ2) is 8.93. The van der Waals surface area contributed by atoms with Crippen molar-refractivity contribution in [2.24, 2.45) is 12.5 Å². The number of nitrogens with zero attached hydrogens (tertiary/aromatic N) is 7. The molecule has 3 aromatic rings. The highest BCUT2D eigenvalue weighted by molar-refractivity contribution is 5.88. The molecule has 4 aliphatic rings. The zero-order chi connectivity index (χ0) is 27.7. The predicted molar refractivity (Wildman–Crippen MR) is 150 cm³/mol. The number of aromatic nitrogens is 6. The zero-order valence-electron chi connectivity index (χ0n) is 24.5. The summed E-state index contributed by atoms with van der Waals surface area (Å²) in [4.78, 5) is 24.4. The van der Waals surface area contributed by atoms with Crippen LogP contribution in [0.5, 0.6) is 0 Å². The lowest BCUT2D eigenvalue weighted by molar-refractivity contribution is -0.00519. The van der Waals surface area contributed by atoms with Gasteiger partial charge in [0, 0.05) is 49.9 Å². The van der Waals surface area contributed by atoms with Crippen molar-refractivity contribution in [2.75, 3.05) is 11.4 Å². The summed E-state index contributed by atoms with van der Waals surface area (Å²) < 4.78 is 9.80. The van der Waals surface area contributed by atoms with Crippen LogP contribution in [-0.2, 0) is 31.3 Å². The molecule has 0 spiro atoms. The number of aryl methyl sites for hydroxylation is 4. The van der Waals surface area contributed by atoms with Gasteiger partial charge in [0.1, 0.15) is 22.5 Å². The molecule has 210 valence electrons. The summed E-state index contributed by atoms with van der Waals surface area (Å²) in [5.41, 5.74) is 6.34. The predicted octanol–water partition coefficient (Wildman–Crippen LogP) is 4.67. The molecule has 3 aromatic heterocycles. The van der Waals surface area contributed by atoms with Crippen molar-refractivity contribution < 1.29 is 9.53 Å². The molecular formula is C29H42N8O2. The van der Waals surface area contributed by atoms with Gasteiger partial charge in [0.2, 0.25) is 0 Å². The highest BCUT2D eigenvalue weighted by Crippen LogP contribution is 2.53. The third-order valence-electron chi connectivity index (χ3n) is 9.23. The Morgan fingerprint density at radius 2 is 1.69 bits per heavy atom. The molecule has 39 heavy (non-hydrogen) atoms. The first-order valence-corrected chi connectivity index (χ1v) is 14.4. The average Bonchev–Trinajstić information content (AvgIpc) is 3.32. The fourth-order valence-corrected chi connectivity index (χ4v) is 7.15. The van der Waals surface area contributed by atoms with Gasteiger partial charge in [-0.15, -0.1) is 0 Å². The summed E-state index contributed by atoms with van der Waals surface area (Å²) in [5, 5.41) is 12.9. The molecule has 0 atom stereocenters. The van der Waals surface area contributed by atoms with Crippen LogP contribution < -0.4 is 10.2 Å². The second-order valence-electron chi connectivity index (χ2n) is 13.2. The van der Waals surface area contributed by atoms with Crippen LogP contribution in [0.3, 0.4) is 0 Å². The van der Waals surface area contributed by atoms with Gasteiger partial charge >= 0.3 is 6.09 Å². The monoisotopic (exact) mass is 534 g/mol. The minimum atomic E-state index is -0.477. The van der Waals surface area contributed by atoms with E-state index >= 15 is 0 Å². The Morgan fingerprint density at radius 1 is 1.00 bits per heavy atom. The molecule has 0 radical (unpaired) electrons. The molecule has 0 unspecified atom stereocenters. The number of ether oxygens (including phenoxy) is 1. The number of hydrogen-bond donors (Lipinski definition) is 1. The maximum absolute atomic E-state index is 12.5. The van der Waals surface area contributed by atoms with Crippen LogP contribution in [0, 0.1) is 26.2 Å². The number of alkyl carbamates (subject to hydrolysis) is 1. The average molecular weight is 535 g/mol. The zero-order valence-corrected chi connectivity index (χ0v) is 24.5. The van der Waals surface area contributed by atoms with Crippen LogP contribution in [0.1, 0.15) is 87.8 Å². The quantitative estimate of drug-likeness (QED) is 0.519. The second-order valence-corrected chi connectivity index (χ2v) is 13.2. The summed E-state index contributed by atoms with van der Waals surface area (Å²) >= 11 is 0. The van der Waals surface area contributed by atoms with E-state index in [0.29, 0.717) is 0 Å². The van der Waals surface area contributed by atoms with Crippen molar-refractivity contribution in [3.63, 3.8) is 0 Å². The Bertz CT molecular complexity index is 1420. The van der Waals surface area contributed by atoms with Crippen molar-refractivity contribution >= 4 is 22.9 Å². The Balaban J connectivity index is 1.18. The van der Waals surface area contributed by atoms with E-state index in [0.717, 1.165) is 98.6 Å². The van der Waals surface area contributed by atoms with E-state index in [1.165, 1.54) is 11.3 Å². The summed E-state index contributed by atoms with van der Waals surface area (Å²) in [5.74, 6) is 1.74. The third-order valence-corrected chi connectivity index (χ3v) is 9.23. The van der Waals surface area contributed by atoms with Crippen molar-refractivity contribution in [2.45, 2.75) is 111 Å². The van der Waals surface area contributed by atoms with Gasteiger partial charge in [0.15, 0.2) is 5.82 Å². The number of fused-ring (bicyclic) bond motifs is 5. The molecule has 3 aliphatic carbocycles. The molecular weight excluding hydrogens is 492 g/mol. The van der Waals surface area contributed by atoms with Crippen molar-refractivity contribution in [3.05, 3.63) is 28.5 Å². The number of rotatable bonds is 4. The molecule has 1 N–H and O–H groups in total. The first-order chi connectivity index (χ1) is 18.4. The van der Waals surface area contributed by atoms with Crippen LogP contribution in [-0.4, -0.2) is 53.3 Å². The van der Waals surface area contributed by atoms with Gasteiger partial charge in [0.05, 0.1) is 11.4 Å². The maximum Gasteiger partial charge on any atom is 0.408 e. The van der Waals surface area contributed by atoms with E-state index in [4.69, 9.17) is 14.8 Å². The molecule has 1 aliphatic heterocycles. The fraction of sp³-hybridized carbons (Fsp3) is 0.690. The number of hydrogen-bond acceptors (Lipinski definition) is 7. The molecule has 2 bridgehead atoms. The van der Waals surface area contributed by atoms with E-state index in [9.17, 15) is 4.79 Å². The van der Waals surface area contributed by atoms with Gasteiger partial charge in [-0.1, -0.05) is 0 Å². The largest absolute Gasteiger partial charge is 0.444 e. The van der Waals surface area contributed by atoms with Crippen LogP contribution in [0.2, 0.25) is 0 Å². The van der Waals surface area contributed by atoms with E-state index < -0.39 is 5.60 Å². The van der Waals surface area contributed by atoms with Gasteiger partial charge in [-0.3, -0.25) is 9.36 Å². The topological polar surface area (TPSA) is 103 Å². The first-order valence-electron chi connectivity index (χ1n) is 14.4. The Labute approximate surface area is 230 Å². The number of carbonyl (C=O) groups is 1. The molecule has 4 heterocycles. The van der Waals surface area contributed by atoms with E-state index in [1.54, 1.807) is 0 Å². The minimum absolute atomic E-state index is 0.116. The van der Waals surface area contributed by atoms with Crippen molar-refractivity contribution in [3.8, 4) is 0 Å². The van der Waals surface area contributed by atoms with Crippen molar-refractivity contribution in [1.82, 2.24) is 34.8 Å². The van der Waals surface area contributed by atoms with Gasteiger partial charge in [0.25, 0.3) is 0 Å². The number of carbonyl (C=O) groups excluding carboxylic acids is 1. The fourth-order valence-electron chi connectivity index (χ4n) is 7.15. The molecule has 3 fully saturated rings. The Morgan fingerprint density at radius 3 is 2.36 bits per heavy atom. The number of nitrogens with one attached hydrogen (secondary N) is 1. The van der Waals surface area contributed by atoms with Crippen LogP contribution in [0.15, 0.2) is 0 Å². The highest BCUT2D eigenvalue weighted by atomic mass is 16.6. The van der Waals surface area contributed by atoms with E-state index in [1.807, 2.05) is 46.3 Å². The van der Waals surface area contributed by atoms with Gasteiger partial charge < -0.3 is 15.0 Å². The summed E-state index contributed by atoms with van der Waals surface area (Å²) in [6.45, 7) is 14.5. The van der Waals surface area contributed by atoms with E-state index in [2.05, 4.69) is 31.9 Å². The lowest BCUT2D eigenvalue weighted by atomic mass is 9.57. The molecule has 10 heteroatoms. The maximum atomic E-state index is 12.5. The molecule has 3 saturated carbocycles. The third kappa shape index (κ3) is 4.65. The van der Waals surface area contributed by atoms with E-state index in [-0.39, 0.29) is 17.0 Å². The number of amides is 1. The summed E-state index contributed by atoms with van der Waals surface area (Å²) in [6.07, 6.45) is 7.02. The van der Waals surface area contributed by atoms with Gasteiger partial charge in [-0.25, -0.2) is 14.8 Å². The van der Waals surface area contributed by atoms with Gasteiger partial charge in [-0.05, 0) is 85.5 Å². The lowest BCUT2D eigenvalue weighted by Gasteiger charge is -2.53. The summed E-state index contributed by atoms with van der Waals surface area (Å²) in [6, 6.07) is 0. The standard InChI is InChI=1S/C29H42N8O2/c1-18-21-16-36(25-24-23(30-20(3)31-25)19(2)33-35(24)7)15-8-22(21)37(34-18)17-28-9-12-29(13-10-28,14-11-28)32-26(38)39-27(4,5)6/h8-17H2,1-7H3,(H,32,38). The minimum Gasteiger partial charge on any atom is -0.444 e. The summed E-state index contributed by atoms with van der Waals surface area (Å²) in [7, 11) is 1.97. The normalized spacial score (nSPS) is 24.7. The van der Waals surface area contributed by atoms with Crippen LogP contribution >= 0.6 is 0 Å². The van der Waals surface area contributed by atoms with Gasteiger partial charge in [-0.2, -0.15) is 10.2 Å². The van der Waals surface area contributed by atoms with Crippen LogP contribution in [0.4, 0.5) is 10.6 Å². The number of anilines is 1. The van der Waals surface area contributed by atoms with Crippen LogP contribution in [0.25, 0.3) is 11.0 Å².